The van der Waals surface area contributed by atoms with Gasteiger partial charge in [0.25, 0.3) is 5.91 Å². The van der Waals surface area contributed by atoms with Gasteiger partial charge in [-0.15, -0.1) is 0 Å². The summed E-state index contributed by atoms with van der Waals surface area (Å²) in [5.74, 6) is -0.952. The molecule has 0 unspecified atom stereocenters. The van der Waals surface area contributed by atoms with E-state index in [0.717, 1.165) is 12.1 Å². The third kappa shape index (κ3) is 3.00. The molecule has 0 aliphatic rings. The van der Waals surface area contributed by atoms with E-state index in [-0.39, 0.29) is 17.8 Å². The molecule has 5 nitrogen and oxygen atoms in total. The Morgan fingerprint density at radius 1 is 1.39 bits per heavy atom. The number of nitrogens with zero attached hydrogens (tertiary/aromatic N) is 2. The minimum Gasteiger partial charge on any atom is -0.399 e. The quantitative estimate of drug-likeness (QED) is 0.795. The lowest BCUT2D eigenvalue weighted by molar-refractivity contribution is 0.0950. The number of hydrogen-bond donors (Lipinski definition) is 2. The van der Waals surface area contributed by atoms with E-state index in [1.165, 1.54) is 6.07 Å². The Morgan fingerprint density at radius 2 is 2.22 bits per heavy atom. The number of hydrogen-bond acceptors (Lipinski definition) is 4. The van der Waals surface area contributed by atoms with Crippen molar-refractivity contribution in [2.75, 3.05) is 5.73 Å². The molecule has 1 aromatic carbocycles. The monoisotopic (exact) mass is 246 g/mol. The highest BCUT2D eigenvalue weighted by atomic mass is 19.1. The summed E-state index contributed by atoms with van der Waals surface area (Å²) in [4.78, 5) is 11.7. The predicted octanol–water partition coefficient (Wildman–Crippen LogP) is 1.13. The van der Waals surface area contributed by atoms with Gasteiger partial charge in [-0.3, -0.25) is 4.79 Å². The lowest BCUT2D eigenvalue weighted by Gasteiger charge is -2.05. The van der Waals surface area contributed by atoms with Crippen LogP contribution in [-0.2, 0) is 6.54 Å². The maximum absolute atomic E-state index is 13.1. The zero-order chi connectivity index (χ0) is 13.0. The average Bonchev–Trinajstić information content (AvgIpc) is 2.36. The van der Waals surface area contributed by atoms with Crippen LogP contribution in [0.5, 0.6) is 0 Å². The molecule has 3 N–H and O–H groups in total. The molecule has 92 valence electrons. The van der Waals surface area contributed by atoms with Crippen molar-refractivity contribution in [3.63, 3.8) is 0 Å². The zero-order valence-electron chi connectivity index (χ0n) is 9.43. The van der Waals surface area contributed by atoms with Crippen LogP contribution in [0.4, 0.5) is 10.1 Å². The van der Waals surface area contributed by atoms with Gasteiger partial charge in [-0.05, 0) is 30.3 Å². The molecule has 0 atom stereocenters. The first-order valence-electron chi connectivity index (χ1n) is 5.26. The molecule has 1 amide bonds. The number of anilines is 1. The van der Waals surface area contributed by atoms with E-state index in [4.69, 9.17) is 5.73 Å². The van der Waals surface area contributed by atoms with Crippen LogP contribution in [0.25, 0.3) is 0 Å². The Labute approximate surface area is 103 Å². The van der Waals surface area contributed by atoms with Crippen molar-refractivity contribution < 1.29 is 9.18 Å². The minimum atomic E-state index is -0.542. The number of halogens is 1. The van der Waals surface area contributed by atoms with E-state index >= 15 is 0 Å². The Bertz CT molecular complexity index is 539. The highest BCUT2D eigenvalue weighted by Gasteiger charge is 2.08. The van der Waals surface area contributed by atoms with Gasteiger partial charge in [0.15, 0.2) is 0 Å². The number of benzene rings is 1. The molecular weight excluding hydrogens is 235 g/mol. The van der Waals surface area contributed by atoms with Crippen LogP contribution in [0.2, 0.25) is 0 Å². The normalized spacial score (nSPS) is 10.1. The molecule has 0 aliphatic heterocycles. The molecule has 2 rings (SSSR count). The first-order chi connectivity index (χ1) is 8.65. The van der Waals surface area contributed by atoms with Crippen molar-refractivity contribution in [2.24, 2.45) is 0 Å². The second-order valence-corrected chi connectivity index (χ2v) is 3.67. The number of rotatable bonds is 3. The third-order valence-electron chi connectivity index (χ3n) is 2.24. The lowest BCUT2D eigenvalue weighted by atomic mass is 10.2. The first-order valence-corrected chi connectivity index (χ1v) is 5.26. The van der Waals surface area contributed by atoms with Crippen LogP contribution in [0.3, 0.4) is 0 Å². The summed E-state index contributed by atoms with van der Waals surface area (Å²) < 4.78 is 13.1. The zero-order valence-corrected chi connectivity index (χ0v) is 9.43. The van der Waals surface area contributed by atoms with Gasteiger partial charge >= 0.3 is 0 Å². The number of nitrogen functional groups attached to an aromatic ring is 1. The minimum absolute atomic E-state index is 0.177. The fraction of sp³-hybridized carbons (Fsp3) is 0.0833. The molecule has 2 aromatic rings. The Balaban J connectivity index is 2.04. The Kier molecular flexibility index (Phi) is 3.47. The van der Waals surface area contributed by atoms with Gasteiger partial charge in [0.05, 0.1) is 12.2 Å². The van der Waals surface area contributed by atoms with Gasteiger partial charge in [-0.2, -0.15) is 10.2 Å². The van der Waals surface area contributed by atoms with E-state index in [9.17, 15) is 9.18 Å². The van der Waals surface area contributed by atoms with E-state index in [1.807, 2.05) is 0 Å². The molecule has 1 heterocycles. The van der Waals surface area contributed by atoms with Crippen LogP contribution in [0.1, 0.15) is 16.1 Å². The van der Waals surface area contributed by atoms with Crippen molar-refractivity contribution in [1.29, 1.82) is 0 Å². The van der Waals surface area contributed by atoms with Crippen molar-refractivity contribution in [1.82, 2.24) is 15.5 Å². The van der Waals surface area contributed by atoms with Crippen molar-refractivity contribution in [2.45, 2.75) is 6.54 Å². The number of nitrogens with one attached hydrogen (secondary N) is 1. The summed E-state index contributed by atoms with van der Waals surface area (Å²) in [6, 6.07) is 7.14. The first kappa shape index (κ1) is 12.0. The summed E-state index contributed by atoms with van der Waals surface area (Å²) >= 11 is 0. The van der Waals surface area contributed by atoms with Crippen molar-refractivity contribution in [3.8, 4) is 0 Å². The number of carbonyl (C=O) groups is 1. The van der Waals surface area contributed by atoms with Gasteiger partial charge in [0.2, 0.25) is 0 Å². The SMILES string of the molecule is Nc1cc(F)cc(C(=O)NCc2cccnn2)c1. The van der Waals surface area contributed by atoms with E-state index in [0.29, 0.717) is 5.69 Å². The molecule has 1 aromatic heterocycles. The average molecular weight is 246 g/mol. The fourth-order valence-electron chi connectivity index (χ4n) is 1.44. The van der Waals surface area contributed by atoms with E-state index in [1.54, 1.807) is 18.3 Å². The van der Waals surface area contributed by atoms with Crippen molar-refractivity contribution >= 4 is 11.6 Å². The topological polar surface area (TPSA) is 80.9 Å². The summed E-state index contributed by atoms with van der Waals surface area (Å²) in [6.07, 6.45) is 1.54. The molecule has 0 fully saturated rings. The highest BCUT2D eigenvalue weighted by Crippen LogP contribution is 2.10. The summed E-state index contributed by atoms with van der Waals surface area (Å²) in [5.41, 5.74) is 6.47. The van der Waals surface area contributed by atoms with E-state index < -0.39 is 11.7 Å². The number of nitrogens with two attached hydrogens (primary N) is 1. The molecular formula is C12H11FN4O. The number of aromatic nitrogens is 2. The van der Waals surface area contributed by atoms with Gasteiger partial charge < -0.3 is 11.1 Å². The molecule has 0 saturated carbocycles. The molecule has 18 heavy (non-hydrogen) atoms. The predicted molar refractivity (Wildman–Crippen MR) is 64.0 cm³/mol. The fourth-order valence-corrected chi connectivity index (χ4v) is 1.44. The smallest absolute Gasteiger partial charge is 0.251 e. The molecule has 0 radical (unpaired) electrons. The largest absolute Gasteiger partial charge is 0.399 e. The van der Waals surface area contributed by atoms with Crippen LogP contribution in [-0.4, -0.2) is 16.1 Å². The van der Waals surface area contributed by atoms with E-state index in [2.05, 4.69) is 15.5 Å². The number of carbonyl (C=O) groups excluding carboxylic acids is 1. The molecule has 0 saturated heterocycles. The van der Waals surface area contributed by atoms with Gasteiger partial charge in [0.1, 0.15) is 5.82 Å². The Hall–Kier alpha value is -2.50. The summed E-state index contributed by atoms with van der Waals surface area (Å²) in [6.45, 7) is 0.225. The van der Waals surface area contributed by atoms with Crippen LogP contribution in [0.15, 0.2) is 36.5 Å². The van der Waals surface area contributed by atoms with Crippen LogP contribution >= 0.6 is 0 Å². The van der Waals surface area contributed by atoms with Gasteiger partial charge in [-0.25, -0.2) is 4.39 Å². The summed E-state index contributed by atoms with van der Waals surface area (Å²) in [7, 11) is 0. The van der Waals surface area contributed by atoms with Gasteiger partial charge in [-0.1, -0.05) is 0 Å². The van der Waals surface area contributed by atoms with Gasteiger partial charge in [0, 0.05) is 17.4 Å². The van der Waals surface area contributed by atoms with Crippen LogP contribution < -0.4 is 11.1 Å². The third-order valence-corrected chi connectivity index (χ3v) is 2.24. The second-order valence-electron chi connectivity index (χ2n) is 3.67. The maximum atomic E-state index is 13.1. The summed E-state index contributed by atoms with van der Waals surface area (Å²) in [5, 5.41) is 10.1. The molecule has 6 heteroatoms. The Morgan fingerprint density at radius 3 is 2.89 bits per heavy atom. The molecule has 0 bridgehead atoms. The molecule has 0 aliphatic carbocycles. The molecule has 0 spiro atoms. The number of amides is 1. The standard InChI is InChI=1S/C12H11FN4O/c13-9-4-8(5-10(14)6-9)12(18)15-7-11-2-1-3-16-17-11/h1-6H,7,14H2,(H,15,18). The van der Waals surface area contributed by atoms with Crippen LogP contribution in [0, 0.1) is 5.82 Å². The van der Waals surface area contributed by atoms with Crippen molar-refractivity contribution in [3.05, 3.63) is 53.6 Å². The lowest BCUT2D eigenvalue weighted by Crippen LogP contribution is -2.23. The highest BCUT2D eigenvalue weighted by molar-refractivity contribution is 5.94. The maximum Gasteiger partial charge on any atom is 0.251 e. The second kappa shape index (κ2) is 5.22.